The zero-order valence-corrected chi connectivity index (χ0v) is 24.3. The van der Waals surface area contributed by atoms with Crippen LogP contribution in [-0.2, 0) is 20.7 Å². The minimum absolute atomic E-state index is 0.309. The topological polar surface area (TPSA) is 83.1 Å². The van der Waals surface area contributed by atoms with Gasteiger partial charge in [0.25, 0.3) is 5.91 Å². The third kappa shape index (κ3) is 4.69. The summed E-state index contributed by atoms with van der Waals surface area (Å²) in [4.78, 5) is 25.8. The number of nitrogens with one attached hydrogen (secondary N) is 1. The fraction of sp³-hybridized carbons (Fsp3) is 0.407. The summed E-state index contributed by atoms with van der Waals surface area (Å²) in [5, 5.41) is 5.86. The number of ether oxygens (including phenoxy) is 4. The van der Waals surface area contributed by atoms with E-state index in [0.29, 0.717) is 35.1 Å². The molecule has 0 aromatic heterocycles. The number of carbonyl (C=O) groups is 2. The molecule has 0 radical (unpaired) electrons. The van der Waals surface area contributed by atoms with Crippen molar-refractivity contribution in [1.29, 1.82) is 0 Å². The third-order valence-electron chi connectivity index (χ3n) is 7.22. The van der Waals surface area contributed by atoms with Crippen LogP contribution in [0.1, 0.15) is 11.1 Å². The van der Waals surface area contributed by atoms with E-state index in [4.69, 9.17) is 18.9 Å². The van der Waals surface area contributed by atoms with Gasteiger partial charge in [-0.2, -0.15) is 0 Å². The van der Waals surface area contributed by atoms with Crippen molar-refractivity contribution in [3.05, 3.63) is 47.2 Å². The summed E-state index contributed by atoms with van der Waals surface area (Å²) in [6, 6.07) is 7.96. The Morgan fingerprint density at radius 2 is 1.56 bits per heavy atom. The fourth-order valence-electron chi connectivity index (χ4n) is 5.62. The van der Waals surface area contributed by atoms with Gasteiger partial charge in [0.2, 0.25) is 11.9 Å². The first-order valence-corrected chi connectivity index (χ1v) is 18.5. The highest BCUT2D eigenvalue weighted by Crippen LogP contribution is 2.39. The Morgan fingerprint density at radius 1 is 0.972 bits per heavy atom. The van der Waals surface area contributed by atoms with Gasteiger partial charge in [-0.1, -0.05) is 54.4 Å². The number of rotatable bonds is 7. The van der Waals surface area contributed by atoms with Crippen molar-refractivity contribution in [2.24, 2.45) is 0 Å². The van der Waals surface area contributed by atoms with Crippen LogP contribution >= 0.6 is 0 Å². The molecule has 0 saturated heterocycles. The van der Waals surface area contributed by atoms with Crippen LogP contribution in [0.5, 0.6) is 17.2 Å². The second-order valence-corrected chi connectivity index (χ2v) is 20.9. The van der Waals surface area contributed by atoms with Gasteiger partial charge in [-0.05, 0) is 18.1 Å². The zero-order chi connectivity index (χ0) is 26.4. The molecule has 1 N–H and O–H groups in total. The van der Waals surface area contributed by atoms with Crippen LogP contribution in [0.25, 0.3) is 0 Å². The maximum Gasteiger partial charge on any atom is 0.273 e. The lowest BCUT2D eigenvalue weighted by atomic mass is 10.0. The normalized spacial score (nSPS) is 19.3. The first-order chi connectivity index (χ1) is 16.9. The van der Waals surface area contributed by atoms with E-state index in [9.17, 15) is 9.59 Å². The molecular weight excluding hydrogens is 490 g/mol. The number of carbonyl (C=O) groups excluding carboxylic acids is 2. The Balaban J connectivity index is 1.53. The highest BCUT2D eigenvalue weighted by molar-refractivity contribution is 7.14. The molecule has 0 fully saturated rings. The van der Waals surface area contributed by atoms with Crippen LogP contribution in [0.2, 0.25) is 31.9 Å². The van der Waals surface area contributed by atoms with E-state index in [2.05, 4.69) is 50.6 Å². The lowest BCUT2D eigenvalue weighted by Crippen LogP contribution is -2.44. The number of ketones is 1. The summed E-state index contributed by atoms with van der Waals surface area (Å²) in [5.41, 5.74) is 4.03. The highest BCUT2D eigenvalue weighted by Gasteiger charge is 2.45. The number of hydrogen-bond acceptors (Lipinski definition) is 6. The smallest absolute Gasteiger partial charge is 0.273 e. The van der Waals surface area contributed by atoms with Crippen LogP contribution in [0.4, 0.5) is 5.69 Å². The molecule has 2 aliphatic heterocycles. The molecule has 0 saturated carbocycles. The van der Waals surface area contributed by atoms with Crippen LogP contribution in [0.15, 0.2) is 36.1 Å². The van der Waals surface area contributed by atoms with E-state index < -0.39 is 28.2 Å². The number of aryl methyl sites for hydroxylation is 1. The molecule has 1 unspecified atom stereocenters. The molecule has 2 aromatic rings. The van der Waals surface area contributed by atoms with Crippen molar-refractivity contribution in [3.63, 3.8) is 0 Å². The molecule has 0 aliphatic carbocycles. The third-order valence-corrected chi connectivity index (χ3v) is 18.3. The Kier molecular flexibility index (Phi) is 6.82. The van der Waals surface area contributed by atoms with E-state index in [1.54, 1.807) is 17.3 Å². The monoisotopic (exact) mass is 525 g/mol. The molecule has 36 heavy (non-hydrogen) atoms. The minimum atomic E-state index is -1.48. The van der Waals surface area contributed by atoms with Crippen LogP contribution in [0.3, 0.4) is 0 Å². The summed E-state index contributed by atoms with van der Waals surface area (Å²) in [6.45, 7) is 11.9. The van der Waals surface area contributed by atoms with E-state index >= 15 is 0 Å². The number of fused-ring (bicyclic) bond motifs is 1. The lowest BCUT2D eigenvalue weighted by molar-refractivity contribution is -0.132. The first-order valence-electron chi connectivity index (χ1n) is 12.1. The van der Waals surface area contributed by atoms with Gasteiger partial charge < -0.3 is 24.3 Å². The molecule has 7 nitrogen and oxygen atoms in total. The van der Waals surface area contributed by atoms with E-state index in [0.717, 1.165) is 5.56 Å². The molecule has 4 rings (SSSR count). The predicted molar refractivity (Wildman–Crippen MR) is 147 cm³/mol. The molecule has 2 heterocycles. The average molecular weight is 526 g/mol. The highest BCUT2D eigenvalue weighted by atomic mass is 28.4. The van der Waals surface area contributed by atoms with Gasteiger partial charge in [0.15, 0.2) is 0 Å². The maximum atomic E-state index is 13.1. The Hall–Kier alpha value is -3.05. The number of allylic oxidation sites excluding steroid dienone is 1. The van der Waals surface area contributed by atoms with Gasteiger partial charge in [0.05, 0.1) is 37.5 Å². The van der Waals surface area contributed by atoms with Crippen molar-refractivity contribution in [2.75, 3.05) is 26.6 Å². The SMILES string of the molecule is COc1cc(OC)c(NC(=O)C2OC(Cc3cc4c(cc3C)[Si](C)(C)C[Si]4(C)C)=CC2=O)c(OC)c1. The van der Waals surface area contributed by atoms with E-state index in [-0.39, 0.29) is 5.78 Å². The molecule has 9 heteroatoms. The molecular formula is C27H35NO6Si2. The van der Waals surface area contributed by atoms with Crippen LogP contribution in [0, 0.1) is 6.92 Å². The van der Waals surface area contributed by atoms with E-state index in [1.807, 2.05) is 0 Å². The predicted octanol–water partition coefficient (Wildman–Crippen LogP) is 3.44. The number of anilines is 1. The Labute approximate surface area is 214 Å². The number of amides is 1. The standard InChI is InChI=1S/C27H35NO6Si2/c1-16-9-23-24(36(7,8)15-35(23,5)6)11-17(16)10-19-12-20(29)26(34-19)27(30)28-25-21(32-3)13-18(31-2)14-22(25)33-4/h9,11-14,26H,10,15H2,1-8H3,(H,28,30). The lowest BCUT2D eigenvalue weighted by Gasteiger charge is -2.19. The Morgan fingerprint density at radius 3 is 2.11 bits per heavy atom. The van der Waals surface area contributed by atoms with Crippen molar-refractivity contribution in [1.82, 2.24) is 0 Å². The molecule has 1 amide bonds. The summed E-state index contributed by atoms with van der Waals surface area (Å²) < 4.78 is 21.9. The van der Waals surface area contributed by atoms with Gasteiger partial charge >= 0.3 is 0 Å². The molecule has 2 aromatic carbocycles. The number of benzene rings is 2. The number of hydrogen-bond donors (Lipinski definition) is 1. The second kappa shape index (κ2) is 9.44. The fourth-order valence-corrected chi connectivity index (χ4v) is 20.8. The molecule has 2 aliphatic rings. The van der Waals surface area contributed by atoms with Crippen LogP contribution in [-0.4, -0.2) is 55.3 Å². The van der Waals surface area contributed by atoms with Crippen molar-refractivity contribution in [3.8, 4) is 17.2 Å². The summed E-state index contributed by atoms with van der Waals surface area (Å²) in [7, 11) is 1.59. The molecule has 192 valence electrons. The van der Waals surface area contributed by atoms with Crippen LogP contribution < -0.4 is 29.9 Å². The van der Waals surface area contributed by atoms with Crippen molar-refractivity contribution >= 4 is 43.9 Å². The first kappa shape index (κ1) is 26.0. The molecule has 1 atom stereocenters. The maximum absolute atomic E-state index is 13.1. The molecule has 0 bridgehead atoms. The van der Waals surface area contributed by atoms with E-state index in [1.165, 1.54) is 43.8 Å². The molecule has 0 spiro atoms. The summed E-state index contributed by atoms with van der Waals surface area (Å²) in [5.74, 6) is 0.762. The van der Waals surface area contributed by atoms with Gasteiger partial charge in [-0.3, -0.25) is 9.59 Å². The van der Waals surface area contributed by atoms with Gasteiger partial charge in [-0.25, -0.2) is 0 Å². The van der Waals surface area contributed by atoms with Gasteiger partial charge in [0.1, 0.15) is 28.7 Å². The minimum Gasteiger partial charge on any atom is -0.496 e. The Bertz CT molecular complexity index is 1240. The second-order valence-electron chi connectivity index (χ2n) is 10.9. The number of methoxy groups -OCH3 is 3. The quantitative estimate of drug-likeness (QED) is 0.441. The largest absolute Gasteiger partial charge is 0.496 e. The average Bonchev–Trinajstić information content (AvgIpc) is 3.26. The summed E-state index contributed by atoms with van der Waals surface area (Å²) in [6.07, 6.45) is 0.667. The van der Waals surface area contributed by atoms with Crippen molar-refractivity contribution in [2.45, 2.75) is 51.3 Å². The van der Waals surface area contributed by atoms with Crippen molar-refractivity contribution < 1.29 is 28.5 Å². The van der Waals surface area contributed by atoms with Gasteiger partial charge in [-0.15, -0.1) is 0 Å². The zero-order valence-electron chi connectivity index (χ0n) is 22.3. The van der Waals surface area contributed by atoms with Gasteiger partial charge in [0, 0.05) is 24.6 Å². The summed E-state index contributed by atoms with van der Waals surface area (Å²) >= 11 is 0.